The highest BCUT2D eigenvalue weighted by atomic mass is 16.2. The van der Waals surface area contributed by atoms with Gasteiger partial charge in [0.2, 0.25) is 5.91 Å². The second-order valence-corrected chi connectivity index (χ2v) is 2.98. The summed E-state index contributed by atoms with van der Waals surface area (Å²) in [5.41, 5.74) is 2.21. The van der Waals surface area contributed by atoms with Gasteiger partial charge in [-0.1, -0.05) is 19.9 Å². The second kappa shape index (κ2) is 4.74. The first-order valence-electron chi connectivity index (χ1n) is 4.95. The standard InChI is InChI=1S/C9H10N2O.C2H6/c1-7(12)11-5-8-3-2-4-10-9(8)6-11;1-2/h2-4H,5-6H2,1H3;1-2H3. The van der Waals surface area contributed by atoms with Gasteiger partial charge in [-0.15, -0.1) is 0 Å². The zero-order chi connectivity index (χ0) is 10.6. The molecule has 2 heterocycles. The molecule has 0 bridgehead atoms. The lowest BCUT2D eigenvalue weighted by Gasteiger charge is -2.10. The van der Waals surface area contributed by atoms with E-state index in [1.165, 1.54) is 5.56 Å². The van der Waals surface area contributed by atoms with Crippen LogP contribution in [0.1, 0.15) is 32.0 Å². The molecular weight excluding hydrogens is 176 g/mol. The third kappa shape index (κ3) is 2.10. The fraction of sp³-hybridized carbons (Fsp3) is 0.455. The number of carbonyl (C=O) groups excluding carboxylic acids is 1. The number of aromatic nitrogens is 1. The maximum absolute atomic E-state index is 11.0. The van der Waals surface area contributed by atoms with Crippen molar-refractivity contribution in [1.29, 1.82) is 0 Å². The zero-order valence-corrected chi connectivity index (χ0v) is 8.95. The summed E-state index contributed by atoms with van der Waals surface area (Å²) < 4.78 is 0. The second-order valence-electron chi connectivity index (χ2n) is 2.98. The third-order valence-electron chi connectivity index (χ3n) is 2.13. The third-order valence-corrected chi connectivity index (χ3v) is 2.13. The molecule has 1 aliphatic heterocycles. The van der Waals surface area contributed by atoms with Gasteiger partial charge in [0.25, 0.3) is 0 Å². The van der Waals surface area contributed by atoms with Gasteiger partial charge in [0.1, 0.15) is 0 Å². The Morgan fingerprint density at radius 2 is 2.14 bits per heavy atom. The molecule has 0 aromatic carbocycles. The van der Waals surface area contributed by atoms with Gasteiger partial charge in [0.15, 0.2) is 0 Å². The topological polar surface area (TPSA) is 33.2 Å². The zero-order valence-electron chi connectivity index (χ0n) is 8.95. The van der Waals surface area contributed by atoms with Gasteiger partial charge in [-0.05, 0) is 11.6 Å². The van der Waals surface area contributed by atoms with Crippen LogP contribution in [0.2, 0.25) is 0 Å². The van der Waals surface area contributed by atoms with Gasteiger partial charge >= 0.3 is 0 Å². The number of amides is 1. The molecule has 1 aromatic heterocycles. The minimum absolute atomic E-state index is 0.119. The maximum atomic E-state index is 11.0. The van der Waals surface area contributed by atoms with Crippen LogP contribution in [-0.2, 0) is 17.9 Å². The number of carbonyl (C=O) groups is 1. The highest BCUT2D eigenvalue weighted by Crippen LogP contribution is 2.19. The molecule has 14 heavy (non-hydrogen) atoms. The summed E-state index contributed by atoms with van der Waals surface area (Å²) in [4.78, 5) is 17.0. The Morgan fingerprint density at radius 1 is 1.43 bits per heavy atom. The molecule has 3 nitrogen and oxygen atoms in total. The molecule has 2 rings (SSSR count). The molecular formula is C11H16N2O. The van der Waals surface area contributed by atoms with Gasteiger partial charge in [-0.2, -0.15) is 0 Å². The molecule has 0 saturated carbocycles. The molecule has 0 radical (unpaired) electrons. The Balaban J connectivity index is 0.000000461. The molecule has 0 saturated heterocycles. The Hall–Kier alpha value is -1.38. The number of rotatable bonds is 0. The van der Waals surface area contributed by atoms with Gasteiger partial charge < -0.3 is 4.90 Å². The fourth-order valence-electron chi connectivity index (χ4n) is 1.42. The number of hydrogen-bond donors (Lipinski definition) is 0. The quantitative estimate of drug-likeness (QED) is 0.629. The van der Waals surface area contributed by atoms with Crippen LogP contribution < -0.4 is 0 Å². The van der Waals surface area contributed by atoms with Crippen molar-refractivity contribution in [2.24, 2.45) is 0 Å². The van der Waals surface area contributed by atoms with Crippen molar-refractivity contribution in [3.63, 3.8) is 0 Å². The summed E-state index contributed by atoms with van der Waals surface area (Å²) >= 11 is 0. The summed E-state index contributed by atoms with van der Waals surface area (Å²) in [5.74, 6) is 0.119. The van der Waals surface area contributed by atoms with Crippen molar-refractivity contribution >= 4 is 5.91 Å². The molecule has 1 aliphatic rings. The Kier molecular flexibility index (Phi) is 3.63. The largest absolute Gasteiger partial charge is 0.333 e. The predicted molar refractivity (Wildman–Crippen MR) is 55.5 cm³/mol. The molecule has 0 spiro atoms. The molecule has 1 aromatic rings. The number of hydrogen-bond acceptors (Lipinski definition) is 2. The summed E-state index contributed by atoms with van der Waals surface area (Å²) in [7, 11) is 0. The molecule has 0 atom stereocenters. The van der Waals surface area contributed by atoms with Crippen LogP contribution in [0.25, 0.3) is 0 Å². The molecule has 3 heteroatoms. The summed E-state index contributed by atoms with van der Waals surface area (Å²) in [6, 6.07) is 3.92. The van der Waals surface area contributed by atoms with Crippen molar-refractivity contribution in [2.75, 3.05) is 0 Å². The smallest absolute Gasteiger partial charge is 0.220 e. The van der Waals surface area contributed by atoms with Crippen molar-refractivity contribution in [2.45, 2.75) is 33.9 Å². The lowest BCUT2D eigenvalue weighted by Crippen LogP contribution is -2.21. The predicted octanol–water partition coefficient (Wildman–Crippen LogP) is 1.97. The summed E-state index contributed by atoms with van der Waals surface area (Å²) in [5, 5.41) is 0. The highest BCUT2D eigenvalue weighted by Gasteiger charge is 2.20. The Labute approximate surface area is 84.8 Å². The van der Waals surface area contributed by atoms with E-state index in [0.717, 1.165) is 12.2 Å². The van der Waals surface area contributed by atoms with E-state index >= 15 is 0 Å². The normalized spacial score (nSPS) is 12.9. The van der Waals surface area contributed by atoms with Gasteiger partial charge in [0, 0.05) is 19.7 Å². The van der Waals surface area contributed by atoms with Crippen molar-refractivity contribution in [3.8, 4) is 0 Å². The molecule has 1 amide bonds. The van der Waals surface area contributed by atoms with E-state index < -0.39 is 0 Å². The van der Waals surface area contributed by atoms with Crippen LogP contribution in [0.4, 0.5) is 0 Å². The van der Waals surface area contributed by atoms with Crippen LogP contribution in [0.5, 0.6) is 0 Å². The van der Waals surface area contributed by atoms with E-state index in [1.807, 2.05) is 26.0 Å². The molecule has 0 unspecified atom stereocenters. The fourth-order valence-corrected chi connectivity index (χ4v) is 1.42. The minimum Gasteiger partial charge on any atom is -0.333 e. The van der Waals surface area contributed by atoms with Crippen molar-refractivity contribution in [3.05, 3.63) is 29.6 Å². The Bertz CT molecular complexity index is 298. The molecule has 0 N–H and O–H groups in total. The number of pyridine rings is 1. The number of fused-ring (bicyclic) bond motifs is 1. The van der Waals surface area contributed by atoms with E-state index in [4.69, 9.17) is 0 Å². The van der Waals surface area contributed by atoms with E-state index in [2.05, 4.69) is 4.98 Å². The van der Waals surface area contributed by atoms with Crippen LogP contribution in [0.3, 0.4) is 0 Å². The van der Waals surface area contributed by atoms with Crippen molar-refractivity contribution < 1.29 is 4.79 Å². The van der Waals surface area contributed by atoms with Crippen LogP contribution in [0, 0.1) is 0 Å². The minimum atomic E-state index is 0.119. The molecule has 0 fully saturated rings. The first-order valence-corrected chi connectivity index (χ1v) is 4.95. The Morgan fingerprint density at radius 3 is 2.71 bits per heavy atom. The van der Waals surface area contributed by atoms with E-state index in [-0.39, 0.29) is 5.91 Å². The van der Waals surface area contributed by atoms with Crippen LogP contribution >= 0.6 is 0 Å². The van der Waals surface area contributed by atoms with Gasteiger partial charge in [-0.3, -0.25) is 9.78 Å². The monoisotopic (exact) mass is 192 g/mol. The van der Waals surface area contributed by atoms with E-state index in [0.29, 0.717) is 6.54 Å². The lowest BCUT2D eigenvalue weighted by atomic mass is 10.2. The summed E-state index contributed by atoms with van der Waals surface area (Å²) in [6.45, 7) is 6.98. The van der Waals surface area contributed by atoms with Crippen molar-refractivity contribution in [1.82, 2.24) is 9.88 Å². The average molecular weight is 192 g/mol. The SMILES string of the molecule is CC.CC(=O)N1Cc2cccnc2C1. The number of nitrogens with zero attached hydrogens (tertiary/aromatic N) is 2. The average Bonchev–Trinajstić information content (AvgIpc) is 2.64. The maximum Gasteiger partial charge on any atom is 0.220 e. The van der Waals surface area contributed by atoms with Gasteiger partial charge in [0.05, 0.1) is 12.2 Å². The van der Waals surface area contributed by atoms with Crippen LogP contribution in [-0.4, -0.2) is 15.8 Å². The summed E-state index contributed by atoms with van der Waals surface area (Å²) in [6.07, 6.45) is 1.77. The molecule has 76 valence electrons. The first kappa shape index (κ1) is 10.7. The highest BCUT2D eigenvalue weighted by molar-refractivity contribution is 5.73. The first-order chi connectivity index (χ1) is 6.77. The van der Waals surface area contributed by atoms with E-state index in [9.17, 15) is 4.79 Å². The van der Waals surface area contributed by atoms with E-state index in [1.54, 1.807) is 18.0 Å². The van der Waals surface area contributed by atoms with Gasteiger partial charge in [-0.25, -0.2) is 0 Å². The lowest BCUT2D eigenvalue weighted by molar-refractivity contribution is -0.129. The van der Waals surface area contributed by atoms with Crippen LogP contribution in [0.15, 0.2) is 18.3 Å². The molecule has 0 aliphatic carbocycles.